The summed E-state index contributed by atoms with van der Waals surface area (Å²) in [4.78, 5) is 43.8. The van der Waals surface area contributed by atoms with E-state index >= 15 is 0 Å². The number of carbonyl (C=O) groups excluding carboxylic acids is 3. The minimum Gasteiger partial charge on any atom is -0.465 e. The van der Waals surface area contributed by atoms with Gasteiger partial charge >= 0.3 is 12.1 Å². The summed E-state index contributed by atoms with van der Waals surface area (Å²) in [6.45, 7) is 6.43. The molecule has 1 saturated heterocycles. The van der Waals surface area contributed by atoms with Gasteiger partial charge in [0.15, 0.2) is 0 Å². The van der Waals surface area contributed by atoms with Gasteiger partial charge in [0.25, 0.3) is 5.91 Å². The summed E-state index contributed by atoms with van der Waals surface area (Å²) in [6.07, 6.45) is 2.58. The van der Waals surface area contributed by atoms with Crippen molar-refractivity contribution in [2.45, 2.75) is 45.3 Å². The second kappa shape index (κ2) is 8.37. The van der Waals surface area contributed by atoms with Crippen LogP contribution in [0.15, 0.2) is 18.3 Å². The molecule has 8 heteroatoms. The van der Waals surface area contributed by atoms with Crippen LogP contribution in [0.3, 0.4) is 0 Å². The number of methoxy groups -OCH3 is 1. The van der Waals surface area contributed by atoms with E-state index in [4.69, 9.17) is 4.74 Å². The molecule has 1 aliphatic heterocycles. The van der Waals surface area contributed by atoms with Gasteiger partial charge < -0.3 is 19.3 Å². The zero-order chi connectivity index (χ0) is 20.2. The third kappa shape index (κ3) is 5.42. The van der Waals surface area contributed by atoms with Crippen LogP contribution in [0.4, 0.5) is 4.79 Å². The minimum atomic E-state index is -0.568. The lowest BCUT2D eigenvalue weighted by molar-refractivity contribution is 0.0252. The van der Waals surface area contributed by atoms with Crippen LogP contribution in [0.2, 0.25) is 0 Å². The van der Waals surface area contributed by atoms with Gasteiger partial charge in [0, 0.05) is 32.4 Å². The Kier molecular flexibility index (Phi) is 6.41. The molecule has 0 spiro atoms. The molecule has 0 aromatic carbocycles. The van der Waals surface area contributed by atoms with Crippen molar-refractivity contribution in [3.05, 3.63) is 29.6 Å². The van der Waals surface area contributed by atoms with Crippen LogP contribution < -0.4 is 0 Å². The van der Waals surface area contributed by atoms with Crippen LogP contribution in [-0.4, -0.2) is 71.6 Å². The minimum absolute atomic E-state index is 0.0999. The number of ether oxygens (including phenoxy) is 2. The van der Waals surface area contributed by atoms with E-state index in [1.54, 1.807) is 11.9 Å². The molecule has 1 aromatic heterocycles. The van der Waals surface area contributed by atoms with Gasteiger partial charge in [-0.15, -0.1) is 0 Å². The van der Waals surface area contributed by atoms with Gasteiger partial charge in [-0.25, -0.2) is 9.59 Å². The Hall–Kier alpha value is -2.64. The molecule has 0 saturated carbocycles. The largest absolute Gasteiger partial charge is 0.465 e. The number of likely N-dealkylation sites (N-methyl/N-ethyl adjacent to an activating group) is 1. The van der Waals surface area contributed by atoms with Crippen molar-refractivity contribution in [1.82, 2.24) is 14.8 Å². The first kappa shape index (κ1) is 20.7. The lowest BCUT2D eigenvalue weighted by Gasteiger charge is -2.30. The first-order valence-corrected chi connectivity index (χ1v) is 8.92. The van der Waals surface area contributed by atoms with Crippen LogP contribution in [0.25, 0.3) is 0 Å². The SMILES string of the molecule is COC(=O)c1ccc(C(=O)N2CCC[C@H]2CN(C)C(=O)OC(C)(C)C)nc1. The van der Waals surface area contributed by atoms with Crippen LogP contribution in [0.1, 0.15) is 54.5 Å². The summed E-state index contributed by atoms with van der Waals surface area (Å²) in [5.74, 6) is -0.717. The van der Waals surface area contributed by atoms with Crippen molar-refractivity contribution >= 4 is 18.0 Å². The van der Waals surface area contributed by atoms with E-state index in [2.05, 4.69) is 9.72 Å². The van der Waals surface area contributed by atoms with E-state index in [9.17, 15) is 14.4 Å². The highest BCUT2D eigenvalue weighted by Gasteiger charge is 2.32. The molecule has 2 amide bonds. The third-order valence-corrected chi connectivity index (χ3v) is 4.23. The van der Waals surface area contributed by atoms with Crippen molar-refractivity contribution in [3.8, 4) is 0 Å². The topological polar surface area (TPSA) is 89.0 Å². The first-order chi connectivity index (χ1) is 12.6. The number of hydrogen-bond donors (Lipinski definition) is 0. The Balaban J connectivity index is 2.03. The molecule has 1 aliphatic rings. The third-order valence-electron chi connectivity index (χ3n) is 4.23. The Morgan fingerprint density at radius 2 is 2.00 bits per heavy atom. The molecule has 1 fully saturated rings. The maximum atomic E-state index is 12.8. The molecule has 0 N–H and O–H groups in total. The van der Waals surface area contributed by atoms with Crippen molar-refractivity contribution in [1.29, 1.82) is 0 Å². The lowest BCUT2D eigenvalue weighted by atomic mass is 10.2. The van der Waals surface area contributed by atoms with E-state index in [-0.39, 0.29) is 23.2 Å². The summed E-state index contributed by atoms with van der Waals surface area (Å²) in [5.41, 5.74) is -0.0203. The molecule has 148 valence electrons. The Morgan fingerprint density at radius 3 is 2.56 bits per heavy atom. The molecule has 1 aromatic rings. The second-order valence-corrected chi connectivity index (χ2v) is 7.58. The smallest absolute Gasteiger partial charge is 0.410 e. The highest BCUT2D eigenvalue weighted by Crippen LogP contribution is 2.21. The summed E-state index contributed by atoms with van der Waals surface area (Å²) >= 11 is 0. The normalized spacial score (nSPS) is 16.8. The zero-order valence-electron chi connectivity index (χ0n) is 16.5. The quantitative estimate of drug-likeness (QED) is 0.748. The number of hydrogen-bond acceptors (Lipinski definition) is 6. The number of nitrogens with zero attached hydrogens (tertiary/aromatic N) is 3. The summed E-state index contributed by atoms with van der Waals surface area (Å²) in [7, 11) is 2.95. The number of aromatic nitrogens is 1. The number of likely N-dealkylation sites (tertiary alicyclic amines) is 1. The number of esters is 1. The number of carbonyl (C=O) groups is 3. The molecule has 2 heterocycles. The average molecular weight is 377 g/mol. The molecule has 27 heavy (non-hydrogen) atoms. The van der Waals surface area contributed by atoms with Gasteiger partial charge in [-0.3, -0.25) is 9.78 Å². The Labute approximate surface area is 159 Å². The maximum absolute atomic E-state index is 12.8. The van der Waals surface area contributed by atoms with E-state index in [0.29, 0.717) is 13.1 Å². The fourth-order valence-electron chi connectivity index (χ4n) is 2.93. The second-order valence-electron chi connectivity index (χ2n) is 7.58. The van der Waals surface area contributed by atoms with Crippen molar-refractivity contribution in [3.63, 3.8) is 0 Å². The molecule has 8 nitrogen and oxygen atoms in total. The molecule has 0 unspecified atom stereocenters. The fourth-order valence-corrected chi connectivity index (χ4v) is 2.93. The van der Waals surface area contributed by atoms with E-state index < -0.39 is 17.7 Å². The summed E-state index contributed by atoms with van der Waals surface area (Å²) in [6, 6.07) is 2.93. The summed E-state index contributed by atoms with van der Waals surface area (Å²) in [5, 5.41) is 0. The highest BCUT2D eigenvalue weighted by atomic mass is 16.6. The van der Waals surface area contributed by atoms with Crippen LogP contribution >= 0.6 is 0 Å². The average Bonchev–Trinajstić information content (AvgIpc) is 3.07. The van der Waals surface area contributed by atoms with Crippen molar-refractivity contribution < 1.29 is 23.9 Å². The predicted molar refractivity (Wildman–Crippen MR) is 98.5 cm³/mol. The first-order valence-electron chi connectivity index (χ1n) is 8.92. The molecule has 0 aliphatic carbocycles. The molecular formula is C19H27N3O5. The van der Waals surface area contributed by atoms with Crippen LogP contribution in [0.5, 0.6) is 0 Å². The van der Waals surface area contributed by atoms with Gasteiger partial charge in [-0.2, -0.15) is 0 Å². The van der Waals surface area contributed by atoms with Crippen LogP contribution in [-0.2, 0) is 9.47 Å². The lowest BCUT2D eigenvalue weighted by Crippen LogP contribution is -2.45. The number of amides is 2. The van der Waals surface area contributed by atoms with Gasteiger partial charge in [0.1, 0.15) is 11.3 Å². The maximum Gasteiger partial charge on any atom is 0.410 e. The summed E-state index contributed by atoms with van der Waals surface area (Å²) < 4.78 is 9.99. The van der Waals surface area contributed by atoms with Crippen molar-refractivity contribution in [2.75, 3.05) is 27.2 Å². The van der Waals surface area contributed by atoms with Crippen LogP contribution in [0, 0.1) is 0 Å². The van der Waals surface area contributed by atoms with Gasteiger partial charge in [-0.1, -0.05) is 0 Å². The van der Waals surface area contributed by atoms with Gasteiger partial charge in [0.05, 0.1) is 12.7 Å². The standard InChI is InChI=1S/C19H27N3O5/c1-19(2,3)27-18(25)21(4)12-14-7-6-10-22(14)16(23)15-9-8-13(11-20-15)17(24)26-5/h8-9,11,14H,6-7,10,12H2,1-5H3/t14-/m0/s1. The Morgan fingerprint density at radius 1 is 1.30 bits per heavy atom. The van der Waals surface area contributed by atoms with Gasteiger partial charge in [-0.05, 0) is 45.7 Å². The van der Waals surface area contributed by atoms with E-state index in [1.807, 2.05) is 20.8 Å². The predicted octanol–water partition coefficient (Wildman–Crippen LogP) is 2.34. The number of rotatable bonds is 4. The molecular weight excluding hydrogens is 350 g/mol. The van der Waals surface area contributed by atoms with Crippen molar-refractivity contribution in [2.24, 2.45) is 0 Å². The molecule has 0 bridgehead atoms. The monoisotopic (exact) mass is 377 g/mol. The Bertz CT molecular complexity index is 696. The highest BCUT2D eigenvalue weighted by molar-refractivity contribution is 5.94. The fraction of sp³-hybridized carbons (Fsp3) is 0.579. The molecule has 1 atom stereocenters. The zero-order valence-corrected chi connectivity index (χ0v) is 16.5. The molecule has 0 radical (unpaired) electrons. The van der Waals surface area contributed by atoms with E-state index in [0.717, 1.165) is 12.8 Å². The number of pyridine rings is 1. The molecule has 2 rings (SSSR count). The van der Waals surface area contributed by atoms with Gasteiger partial charge in [0.2, 0.25) is 0 Å². The van der Waals surface area contributed by atoms with E-state index in [1.165, 1.54) is 30.3 Å².